The van der Waals surface area contributed by atoms with Crippen LogP contribution in [0.2, 0.25) is 0 Å². The third kappa shape index (κ3) is 4.88. The number of nitrogens with two attached hydrogens (primary N) is 1. The molecule has 0 radical (unpaired) electrons. The average molecular weight is 299 g/mol. The number of rotatable bonds is 5. The zero-order chi connectivity index (χ0) is 12.8. The molecule has 4 heteroatoms. The molecule has 0 saturated carbocycles. The van der Waals surface area contributed by atoms with Crippen molar-refractivity contribution in [3.8, 4) is 0 Å². The van der Waals surface area contributed by atoms with Gasteiger partial charge in [0.2, 0.25) is 5.91 Å². The number of amides is 1. The Morgan fingerprint density at radius 1 is 1.47 bits per heavy atom. The molecule has 1 unspecified atom stereocenters. The zero-order valence-corrected chi connectivity index (χ0v) is 11.9. The Labute approximate surface area is 111 Å². The minimum atomic E-state index is -0.0755. The lowest BCUT2D eigenvalue weighted by molar-refractivity contribution is -0.130. The Kier molecular flexibility index (Phi) is 5.65. The van der Waals surface area contributed by atoms with E-state index in [-0.39, 0.29) is 11.9 Å². The lowest BCUT2D eigenvalue weighted by atomic mass is 10.1. The number of benzene rings is 1. The normalized spacial score (nSPS) is 12.2. The van der Waals surface area contributed by atoms with Crippen LogP contribution in [0.1, 0.15) is 18.9 Å². The average Bonchev–Trinajstić information content (AvgIpc) is 2.26. The third-order valence-corrected chi connectivity index (χ3v) is 3.37. The van der Waals surface area contributed by atoms with Crippen LogP contribution in [0.3, 0.4) is 0 Å². The Hall–Kier alpha value is -0.870. The van der Waals surface area contributed by atoms with Crippen molar-refractivity contribution < 1.29 is 4.79 Å². The van der Waals surface area contributed by atoms with E-state index in [1.807, 2.05) is 32.2 Å². The lowest BCUT2D eigenvalue weighted by Gasteiger charge is -2.18. The molecule has 0 saturated heterocycles. The van der Waals surface area contributed by atoms with Crippen molar-refractivity contribution in [2.75, 3.05) is 13.6 Å². The van der Waals surface area contributed by atoms with Crippen molar-refractivity contribution in [1.29, 1.82) is 0 Å². The highest BCUT2D eigenvalue weighted by molar-refractivity contribution is 9.10. The summed E-state index contributed by atoms with van der Waals surface area (Å²) in [6.45, 7) is 2.56. The second-order valence-corrected chi connectivity index (χ2v) is 5.19. The molecule has 0 fully saturated rings. The van der Waals surface area contributed by atoms with E-state index in [9.17, 15) is 4.79 Å². The van der Waals surface area contributed by atoms with Gasteiger partial charge in [-0.25, -0.2) is 0 Å². The molecule has 1 aromatic carbocycles. The number of hydrogen-bond donors (Lipinski definition) is 1. The highest BCUT2D eigenvalue weighted by Gasteiger charge is 2.11. The molecule has 0 aliphatic carbocycles. The predicted molar refractivity (Wildman–Crippen MR) is 73.7 cm³/mol. The number of carbonyl (C=O) groups excluding carboxylic acids is 1. The van der Waals surface area contributed by atoms with E-state index in [4.69, 9.17) is 5.73 Å². The van der Waals surface area contributed by atoms with Gasteiger partial charge in [0.05, 0.1) is 0 Å². The summed E-state index contributed by atoms with van der Waals surface area (Å²) in [4.78, 5) is 13.4. The summed E-state index contributed by atoms with van der Waals surface area (Å²) in [5.74, 6) is 0.104. The van der Waals surface area contributed by atoms with Crippen LogP contribution in [0.5, 0.6) is 0 Å². The molecular formula is C13H19BrN2O. The fourth-order valence-electron chi connectivity index (χ4n) is 1.55. The Morgan fingerprint density at radius 3 is 2.71 bits per heavy atom. The lowest BCUT2D eigenvalue weighted by Crippen LogP contribution is -2.33. The van der Waals surface area contributed by atoms with E-state index in [2.05, 4.69) is 22.0 Å². The quantitative estimate of drug-likeness (QED) is 0.906. The molecule has 0 aliphatic rings. The first kappa shape index (κ1) is 14.2. The minimum absolute atomic E-state index is 0.0755. The zero-order valence-electron chi connectivity index (χ0n) is 10.3. The molecule has 0 bridgehead atoms. The van der Waals surface area contributed by atoms with Crippen LogP contribution in [0.25, 0.3) is 0 Å². The van der Waals surface area contributed by atoms with Gasteiger partial charge in [0, 0.05) is 30.5 Å². The van der Waals surface area contributed by atoms with Gasteiger partial charge in [0.1, 0.15) is 0 Å². The minimum Gasteiger partial charge on any atom is -0.345 e. The maximum Gasteiger partial charge on any atom is 0.223 e. The van der Waals surface area contributed by atoms with Crippen molar-refractivity contribution in [1.82, 2.24) is 4.90 Å². The number of nitrogens with zero attached hydrogens (tertiary/aromatic N) is 1. The molecule has 0 heterocycles. The van der Waals surface area contributed by atoms with E-state index in [1.54, 1.807) is 4.90 Å². The van der Waals surface area contributed by atoms with Gasteiger partial charge in [-0.15, -0.1) is 0 Å². The van der Waals surface area contributed by atoms with Crippen LogP contribution in [0, 0.1) is 0 Å². The van der Waals surface area contributed by atoms with Gasteiger partial charge < -0.3 is 10.6 Å². The van der Waals surface area contributed by atoms with Crippen molar-refractivity contribution in [2.45, 2.75) is 25.8 Å². The van der Waals surface area contributed by atoms with Gasteiger partial charge in [-0.05, 0) is 25.0 Å². The number of hydrogen-bond acceptors (Lipinski definition) is 2. The number of carbonyl (C=O) groups is 1. The molecule has 0 aliphatic heterocycles. The molecule has 1 atom stereocenters. The summed E-state index contributed by atoms with van der Waals surface area (Å²) < 4.78 is 1.09. The first-order valence-electron chi connectivity index (χ1n) is 5.73. The van der Waals surface area contributed by atoms with Gasteiger partial charge in [0.15, 0.2) is 0 Å². The van der Waals surface area contributed by atoms with E-state index >= 15 is 0 Å². The second-order valence-electron chi connectivity index (χ2n) is 4.34. The summed E-state index contributed by atoms with van der Waals surface area (Å²) in [5.41, 5.74) is 6.82. The molecule has 94 valence electrons. The van der Waals surface area contributed by atoms with E-state index in [0.29, 0.717) is 13.0 Å². The first-order valence-corrected chi connectivity index (χ1v) is 6.53. The monoisotopic (exact) mass is 298 g/mol. The Bertz CT molecular complexity index is 379. The fraction of sp³-hybridized carbons (Fsp3) is 0.462. The number of halogens is 1. The first-order chi connectivity index (χ1) is 8.00. The SMILES string of the molecule is CC(N)CC(=O)N(C)CCc1ccccc1Br. The fourth-order valence-corrected chi connectivity index (χ4v) is 2.03. The summed E-state index contributed by atoms with van der Waals surface area (Å²) in [5, 5.41) is 0. The van der Waals surface area contributed by atoms with Gasteiger partial charge >= 0.3 is 0 Å². The molecule has 3 nitrogen and oxygen atoms in total. The Balaban J connectivity index is 2.46. The standard InChI is InChI=1S/C13H19BrN2O/c1-10(15)9-13(17)16(2)8-7-11-5-3-4-6-12(11)14/h3-6,10H,7-9,15H2,1-2H3. The van der Waals surface area contributed by atoms with E-state index in [0.717, 1.165) is 10.9 Å². The molecule has 0 spiro atoms. The van der Waals surface area contributed by atoms with Crippen molar-refractivity contribution in [3.05, 3.63) is 34.3 Å². The summed E-state index contributed by atoms with van der Waals surface area (Å²) in [7, 11) is 1.82. The highest BCUT2D eigenvalue weighted by atomic mass is 79.9. The molecule has 2 N–H and O–H groups in total. The number of likely N-dealkylation sites (N-methyl/N-ethyl adjacent to an activating group) is 1. The molecular weight excluding hydrogens is 280 g/mol. The van der Waals surface area contributed by atoms with Crippen LogP contribution in [0.15, 0.2) is 28.7 Å². The largest absolute Gasteiger partial charge is 0.345 e. The van der Waals surface area contributed by atoms with E-state index < -0.39 is 0 Å². The topological polar surface area (TPSA) is 46.3 Å². The van der Waals surface area contributed by atoms with Crippen molar-refractivity contribution in [3.63, 3.8) is 0 Å². The third-order valence-electron chi connectivity index (χ3n) is 2.60. The maximum atomic E-state index is 11.7. The maximum absolute atomic E-state index is 11.7. The summed E-state index contributed by atoms with van der Waals surface area (Å²) in [6, 6.07) is 7.99. The van der Waals surface area contributed by atoms with Crippen molar-refractivity contribution in [2.24, 2.45) is 5.73 Å². The molecule has 1 aromatic rings. The second kappa shape index (κ2) is 6.77. The Morgan fingerprint density at radius 2 is 2.12 bits per heavy atom. The molecule has 17 heavy (non-hydrogen) atoms. The molecule has 1 rings (SSSR count). The van der Waals surface area contributed by atoms with Crippen LogP contribution in [-0.4, -0.2) is 30.4 Å². The van der Waals surface area contributed by atoms with Gasteiger partial charge in [-0.2, -0.15) is 0 Å². The molecule has 0 aromatic heterocycles. The van der Waals surface area contributed by atoms with Gasteiger partial charge in [0.25, 0.3) is 0 Å². The summed E-state index contributed by atoms with van der Waals surface area (Å²) in [6.07, 6.45) is 1.26. The van der Waals surface area contributed by atoms with Crippen LogP contribution < -0.4 is 5.73 Å². The smallest absolute Gasteiger partial charge is 0.223 e. The highest BCUT2D eigenvalue weighted by Crippen LogP contribution is 2.16. The van der Waals surface area contributed by atoms with Gasteiger partial charge in [-0.1, -0.05) is 34.1 Å². The van der Waals surface area contributed by atoms with Crippen LogP contribution in [-0.2, 0) is 11.2 Å². The summed E-state index contributed by atoms with van der Waals surface area (Å²) >= 11 is 3.50. The van der Waals surface area contributed by atoms with Crippen molar-refractivity contribution >= 4 is 21.8 Å². The van der Waals surface area contributed by atoms with Crippen LogP contribution >= 0.6 is 15.9 Å². The van der Waals surface area contributed by atoms with Gasteiger partial charge in [-0.3, -0.25) is 4.79 Å². The predicted octanol–water partition coefficient (Wildman–Crippen LogP) is 2.19. The molecule has 1 amide bonds. The van der Waals surface area contributed by atoms with Crippen LogP contribution in [0.4, 0.5) is 0 Å². The van der Waals surface area contributed by atoms with E-state index in [1.165, 1.54) is 5.56 Å².